The zero-order valence-electron chi connectivity index (χ0n) is 36.8. The van der Waals surface area contributed by atoms with Crippen LogP contribution >= 0.6 is 11.8 Å². The van der Waals surface area contributed by atoms with Crippen LogP contribution in [0.2, 0.25) is 0 Å². The number of rotatable bonds is 7. The van der Waals surface area contributed by atoms with Gasteiger partial charge >= 0.3 is 5.97 Å². The van der Waals surface area contributed by atoms with Crippen molar-refractivity contribution in [3.63, 3.8) is 0 Å². The van der Waals surface area contributed by atoms with E-state index in [9.17, 15) is 29.1 Å². The molecule has 3 rings (SSSR count). The van der Waals surface area contributed by atoms with E-state index in [0.717, 1.165) is 10.6 Å². The average Bonchev–Trinajstić information content (AvgIpc) is 3.86. The molecule has 0 spiro atoms. The number of allylic oxidation sites excluding steroid dienone is 3. The van der Waals surface area contributed by atoms with E-state index < -0.39 is 65.0 Å². The first-order valence-electron chi connectivity index (χ1n) is 21.0. The van der Waals surface area contributed by atoms with Gasteiger partial charge in [-0.15, -0.1) is 11.8 Å². The number of esters is 1. The topological polar surface area (TPSA) is 176 Å². The zero-order chi connectivity index (χ0) is 43.5. The molecule has 0 aromatic rings. The number of thioether (sulfide) groups is 1. The molecule has 0 saturated carbocycles. The van der Waals surface area contributed by atoms with Gasteiger partial charge in [-0.3, -0.25) is 24.2 Å². The van der Waals surface area contributed by atoms with Crippen LogP contribution in [-0.2, 0) is 33.4 Å². The van der Waals surface area contributed by atoms with Gasteiger partial charge in [0, 0.05) is 30.6 Å². The van der Waals surface area contributed by atoms with Crippen LogP contribution in [0.3, 0.4) is 0 Å². The Bertz CT molecular complexity index is 1580. The Hall–Kier alpha value is -3.65. The van der Waals surface area contributed by atoms with Crippen molar-refractivity contribution in [3.05, 3.63) is 36.1 Å². The van der Waals surface area contributed by atoms with Crippen LogP contribution in [0, 0.1) is 22.7 Å². The summed E-state index contributed by atoms with van der Waals surface area (Å²) in [6.45, 7) is 23.4. The highest BCUT2D eigenvalue weighted by Crippen LogP contribution is 2.39. The maximum Gasteiger partial charge on any atom is 0.329 e. The Balaban J connectivity index is 2.00. The number of methoxy groups -OCH3 is 1. The minimum atomic E-state index is -1.06. The molecule has 3 heterocycles. The summed E-state index contributed by atoms with van der Waals surface area (Å²) in [4.78, 5) is 75.9. The molecule has 4 N–H and O–H groups in total. The van der Waals surface area contributed by atoms with E-state index in [-0.39, 0.29) is 42.5 Å². The number of nitrogens with zero attached hydrogens (tertiary/aromatic N) is 2. The lowest BCUT2D eigenvalue weighted by molar-refractivity contribution is -0.164. The molecule has 2 bridgehead atoms. The predicted molar refractivity (Wildman–Crippen MR) is 230 cm³/mol. The lowest BCUT2D eigenvalue weighted by atomic mass is 9.78. The number of aliphatic hydroxyl groups is 1. The second kappa shape index (κ2) is 21.6. The average molecular weight is 830 g/mol. The fourth-order valence-corrected chi connectivity index (χ4v) is 8.67. The molecule has 3 aliphatic heterocycles. The summed E-state index contributed by atoms with van der Waals surface area (Å²) >= 11 is 1.59. The summed E-state index contributed by atoms with van der Waals surface area (Å²) in [5, 5.41) is 21.0. The number of carbonyl (C=O) groups is 5. The van der Waals surface area contributed by atoms with Crippen LogP contribution in [0.15, 0.2) is 41.1 Å². The minimum absolute atomic E-state index is 0.0119. The van der Waals surface area contributed by atoms with E-state index >= 15 is 0 Å². The third kappa shape index (κ3) is 13.4. The maximum atomic E-state index is 14.3. The summed E-state index contributed by atoms with van der Waals surface area (Å²) in [5.74, 6) is -1.53. The summed E-state index contributed by atoms with van der Waals surface area (Å²) in [6, 6.07) is -4.00. The third-order valence-electron chi connectivity index (χ3n) is 11.8. The first-order chi connectivity index (χ1) is 27.1. The van der Waals surface area contributed by atoms with Gasteiger partial charge in [-0.1, -0.05) is 80.5 Å². The van der Waals surface area contributed by atoms with Crippen molar-refractivity contribution in [2.75, 3.05) is 19.4 Å². The number of nitrogens with one attached hydrogen (secondary N) is 3. The van der Waals surface area contributed by atoms with Crippen LogP contribution in [0.4, 0.5) is 0 Å². The zero-order valence-corrected chi connectivity index (χ0v) is 37.6. The Morgan fingerprint density at radius 3 is 2.40 bits per heavy atom. The highest BCUT2D eigenvalue weighted by molar-refractivity contribution is 8.14. The number of carbonyl (C=O) groups excluding carboxylic acids is 5. The van der Waals surface area contributed by atoms with Crippen LogP contribution in [0.25, 0.3) is 0 Å². The van der Waals surface area contributed by atoms with Crippen LogP contribution in [0.1, 0.15) is 121 Å². The fraction of sp³-hybridized carbons (Fsp3) is 0.727. The first kappa shape index (κ1) is 48.7. The van der Waals surface area contributed by atoms with Gasteiger partial charge in [0.15, 0.2) is 0 Å². The molecule has 4 amide bonds. The molecule has 0 radical (unpaired) electrons. The maximum absolute atomic E-state index is 14.3. The fourth-order valence-electron chi connectivity index (χ4n) is 7.35. The Labute approximate surface area is 351 Å². The smallest absolute Gasteiger partial charge is 0.329 e. The van der Waals surface area contributed by atoms with Gasteiger partial charge < -0.3 is 35.4 Å². The highest BCUT2D eigenvalue weighted by atomic mass is 32.2. The number of hydrogen-bond donors (Lipinski definition) is 4. The van der Waals surface area contributed by atoms with Crippen molar-refractivity contribution in [3.8, 4) is 0 Å². The van der Waals surface area contributed by atoms with Gasteiger partial charge in [0.05, 0.1) is 24.3 Å². The van der Waals surface area contributed by atoms with Gasteiger partial charge in [0.2, 0.25) is 23.6 Å². The summed E-state index contributed by atoms with van der Waals surface area (Å²) < 4.78 is 11.4. The molecule has 14 heteroatoms. The molecular formula is C44H71N5O8S. The molecule has 13 nitrogen and oxygen atoms in total. The minimum Gasteiger partial charge on any atom is -0.497 e. The number of amides is 4. The summed E-state index contributed by atoms with van der Waals surface area (Å²) in [5.41, 5.74) is -0.335. The molecule has 0 aromatic carbocycles. The Kier molecular flexibility index (Phi) is 18.1. The molecular weight excluding hydrogens is 759 g/mol. The van der Waals surface area contributed by atoms with Crippen molar-refractivity contribution in [1.29, 1.82) is 0 Å². The van der Waals surface area contributed by atoms with E-state index in [4.69, 9.17) is 14.5 Å². The molecule has 9 atom stereocenters. The predicted octanol–water partition coefficient (Wildman–Crippen LogP) is 5.62. The van der Waals surface area contributed by atoms with Gasteiger partial charge in [0.1, 0.15) is 36.0 Å². The number of hydrogen-bond acceptors (Lipinski definition) is 10. The van der Waals surface area contributed by atoms with Crippen LogP contribution in [0.5, 0.6) is 0 Å². The summed E-state index contributed by atoms with van der Waals surface area (Å²) in [6.07, 6.45) is 7.32. The second-order valence-electron chi connectivity index (χ2n) is 18.0. The van der Waals surface area contributed by atoms with E-state index in [0.29, 0.717) is 56.6 Å². The number of ether oxygens (including phenoxy) is 2. The van der Waals surface area contributed by atoms with Crippen LogP contribution < -0.4 is 16.0 Å². The molecule has 1 saturated heterocycles. The molecule has 0 unspecified atom stereocenters. The molecule has 3 aliphatic rings. The quantitative estimate of drug-likeness (QED) is 0.144. The van der Waals surface area contributed by atoms with Crippen molar-refractivity contribution in [2.24, 2.45) is 27.7 Å². The van der Waals surface area contributed by atoms with E-state index in [1.165, 1.54) is 18.9 Å². The van der Waals surface area contributed by atoms with E-state index in [1.807, 2.05) is 68.4 Å². The largest absolute Gasteiger partial charge is 0.497 e. The number of cyclic esters (lactones) is 1. The number of fused-ring (bicyclic) bond motifs is 2. The molecule has 58 heavy (non-hydrogen) atoms. The van der Waals surface area contributed by atoms with Crippen molar-refractivity contribution >= 4 is 46.4 Å². The van der Waals surface area contributed by atoms with E-state index in [1.54, 1.807) is 23.9 Å². The van der Waals surface area contributed by atoms with E-state index in [2.05, 4.69) is 22.5 Å². The lowest BCUT2D eigenvalue weighted by Gasteiger charge is -2.37. The second-order valence-corrected chi connectivity index (χ2v) is 19.0. The Morgan fingerprint density at radius 1 is 1.09 bits per heavy atom. The molecule has 1 fully saturated rings. The Morgan fingerprint density at radius 2 is 1.78 bits per heavy atom. The molecule has 326 valence electrons. The normalized spacial score (nSPS) is 30.9. The monoisotopic (exact) mass is 830 g/mol. The van der Waals surface area contributed by atoms with Crippen molar-refractivity contribution < 1.29 is 38.6 Å². The summed E-state index contributed by atoms with van der Waals surface area (Å²) in [7, 11) is 1.50. The van der Waals surface area contributed by atoms with Gasteiger partial charge in [-0.2, -0.15) is 0 Å². The standard InChI is InChI=1S/C44H71N5O8S/c1-13-27(4)37-40(54)49-21-15-16-33(49)41(55)57-35(43(7,8)9)23-26(3)22-34(50)44(10,11)42-46-31(25-58-42)19-20-36(51)47-32(39(53)45-29(6)38(52)48-37)24-30(14-2)18-17-28(5)56-12/h14,17-18,26-27,29,31-35,37,50H,5,13,15-16,19-25H2,1-4,6-12H3,(H,45,53)(H,47,51)(H,48,52)/b18-17-,30-14+/t26-,27-,29-,31+,32-,33-,34-,35-,37-/m0/s1. The SMILES string of the molecule is C=C(/C=C\C(=C/C)C[C@@H]1NC(=O)CC[C@@H]2CSC(=N2)C(C)(C)[C@@H](O)C[C@H](C)C[C@@H](C(C)(C)C)OC(=O)[C@@H]2CCCN2C(=O)[C@H]([C@@H](C)CC)NC(=O)[C@H](C)NC1=O)OC. The molecule has 0 aromatic heterocycles. The van der Waals surface area contributed by atoms with Crippen molar-refractivity contribution in [1.82, 2.24) is 20.9 Å². The van der Waals surface area contributed by atoms with Gasteiger partial charge in [0.25, 0.3) is 0 Å². The van der Waals surface area contributed by atoms with Crippen LogP contribution in [-0.4, -0.2) is 106 Å². The highest BCUT2D eigenvalue weighted by Gasteiger charge is 2.43. The lowest BCUT2D eigenvalue weighted by Crippen LogP contribution is -2.58. The van der Waals surface area contributed by atoms with Crippen molar-refractivity contribution in [2.45, 2.75) is 163 Å². The number of aliphatic hydroxyl groups excluding tert-OH is 1. The van der Waals surface area contributed by atoms with Gasteiger partial charge in [-0.05, 0) is 74.9 Å². The first-order valence-corrected chi connectivity index (χ1v) is 22.0. The molecule has 0 aliphatic carbocycles. The van der Waals surface area contributed by atoms with Gasteiger partial charge in [-0.25, -0.2) is 4.79 Å². The third-order valence-corrected chi connectivity index (χ3v) is 13.3. The number of aliphatic imine (C=N–C) groups is 1.